The standard InChI is InChI=1S/C11H11ClN2O3S2/c12-9-2-1-6-13-11(9)14-19(16,17)10-4-3-8(18-10)5-7-15/h1-4,6,15H,5,7H2,(H,13,14). The second-order valence-corrected chi connectivity index (χ2v) is 7.12. The number of hydrogen-bond acceptors (Lipinski definition) is 5. The fourth-order valence-corrected chi connectivity index (χ4v) is 3.98. The van der Waals surface area contributed by atoms with Gasteiger partial charge in [0.1, 0.15) is 4.21 Å². The fourth-order valence-electron chi connectivity index (χ4n) is 1.39. The van der Waals surface area contributed by atoms with E-state index in [2.05, 4.69) is 9.71 Å². The molecule has 0 amide bonds. The molecule has 0 radical (unpaired) electrons. The molecule has 0 saturated heterocycles. The highest BCUT2D eigenvalue weighted by Crippen LogP contribution is 2.26. The van der Waals surface area contributed by atoms with Crippen molar-refractivity contribution in [1.29, 1.82) is 0 Å². The van der Waals surface area contributed by atoms with E-state index in [1.165, 1.54) is 12.3 Å². The van der Waals surface area contributed by atoms with E-state index in [0.717, 1.165) is 16.2 Å². The van der Waals surface area contributed by atoms with Crippen LogP contribution >= 0.6 is 22.9 Å². The Kier molecular flexibility index (Phi) is 4.41. The molecule has 2 rings (SSSR count). The lowest BCUT2D eigenvalue weighted by molar-refractivity contribution is 0.300. The molecule has 2 aromatic heterocycles. The zero-order valence-electron chi connectivity index (χ0n) is 9.71. The molecule has 0 spiro atoms. The van der Waals surface area contributed by atoms with Crippen LogP contribution in [0.4, 0.5) is 5.82 Å². The second kappa shape index (κ2) is 5.87. The summed E-state index contributed by atoms with van der Waals surface area (Å²) in [4.78, 5) is 4.68. The number of rotatable bonds is 5. The van der Waals surface area contributed by atoms with E-state index in [9.17, 15) is 8.42 Å². The van der Waals surface area contributed by atoms with Gasteiger partial charge < -0.3 is 5.11 Å². The molecule has 2 aromatic rings. The Labute approximate surface area is 119 Å². The maximum Gasteiger partial charge on any atom is 0.272 e. The molecule has 8 heteroatoms. The predicted octanol–water partition coefficient (Wildman–Crippen LogP) is 2.13. The van der Waals surface area contributed by atoms with Crippen molar-refractivity contribution in [3.8, 4) is 0 Å². The summed E-state index contributed by atoms with van der Waals surface area (Å²) < 4.78 is 26.7. The largest absolute Gasteiger partial charge is 0.396 e. The monoisotopic (exact) mass is 318 g/mol. The Morgan fingerprint density at radius 1 is 1.37 bits per heavy atom. The van der Waals surface area contributed by atoms with Crippen molar-refractivity contribution in [1.82, 2.24) is 4.98 Å². The molecular formula is C11H11ClN2O3S2. The van der Waals surface area contributed by atoms with Crippen LogP contribution in [0, 0.1) is 0 Å². The average Bonchev–Trinajstić information content (AvgIpc) is 2.82. The highest BCUT2D eigenvalue weighted by atomic mass is 35.5. The van der Waals surface area contributed by atoms with Gasteiger partial charge in [0.05, 0.1) is 5.02 Å². The van der Waals surface area contributed by atoms with Crippen molar-refractivity contribution in [2.45, 2.75) is 10.6 Å². The Hall–Kier alpha value is -1.15. The van der Waals surface area contributed by atoms with Gasteiger partial charge in [0.15, 0.2) is 5.82 Å². The third-order valence-corrected chi connectivity index (χ3v) is 5.53. The van der Waals surface area contributed by atoms with Crippen LogP contribution in [0.2, 0.25) is 5.02 Å². The number of aromatic nitrogens is 1. The third kappa shape index (κ3) is 3.44. The number of anilines is 1. The van der Waals surface area contributed by atoms with Crippen molar-refractivity contribution >= 4 is 38.8 Å². The minimum absolute atomic E-state index is 0.0144. The number of thiophene rings is 1. The van der Waals surface area contributed by atoms with Gasteiger partial charge in [-0.05, 0) is 24.3 Å². The van der Waals surface area contributed by atoms with E-state index in [1.54, 1.807) is 18.2 Å². The van der Waals surface area contributed by atoms with Crippen LogP contribution in [0.5, 0.6) is 0 Å². The van der Waals surface area contributed by atoms with Crippen LogP contribution in [0.25, 0.3) is 0 Å². The Balaban J connectivity index is 2.25. The number of hydrogen-bond donors (Lipinski definition) is 2. The molecule has 0 atom stereocenters. The summed E-state index contributed by atoms with van der Waals surface area (Å²) in [6.45, 7) is -0.0144. The van der Waals surface area contributed by atoms with Gasteiger partial charge in [0, 0.05) is 24.1 Å². The van der Waals surface area contributed by atoms with Crippen LogP contribution in [-0.2, 0) is 16.4 Å². The van der Waals surface area contributed by atoms with Gasteiger partial charge in [-0.15, -0.1) is 11.3 Å². The van der Waals surface area contributed by atoms with Crippen molar-refractivity contribution in [3.05, 3.63) is 40.4 Å². The molecule has 0 unspecified atom stereocenters. The van der Waals surface area contributed by atoms with E-state index >= 15 is 0 Å². The van der Waals surface area contributed by atoms with Crippen LogP contribution in [0.1, 0.15) is 4.88 Å². The molecule has 0 saturated carbocycles. The van der Waals surface area contributed by atoms with E-state index in [1.807, 2.05) is 0 Å². The summed E-state index contributed by atoms with van der Waals surface area (Å²) >= 11 is 6.96. The summed E-state index contributed by atoms with van der Waals surface area (Å²) in [7, 11) is -3.69. The van der Waals surface area contributed by atoms with E-state index in [-0.39, 0.29) is 21.7 Å². The number of pyridine rings is 1. The Morgan fingerprint density at radius 3 is 2.84 bits per heavy atom. The minimum atomic E-state index is -3.69. The quantitative estimate of drug-likeness (QED) is 0.885. The molecule has 0 fully saturated rings. The van der Waals surface area contributed by atoms with Crippen molar-refractivity contribution < 1.29 is 13.5 Å². The maximum absolute atomic E-state index is 12.1. The Bertz CT molecular complexity index is 670. The zero-order valence-corrected chi connectivity index (χ0v) is 12.1. The molecule has 102 valence electrons. The number of aliphatic hydroxyl groups is 1. The topological polar surface area (TPSA) is 79.3 Å². The van der Waals surface area contributed by atoms with Crippen LogP contribution in [0.15, 0.2) is 34.7 Å². The van der Waals surface area contributed by atoms with Crippen LogP contribution < -0.4 is 4.72 Å². The van der Waals surface area contributed by atoms with E-state index in [4.69, 9.17) is 16.7 Å². The predicted molar refractivity (Wildman–Crippen MR) is 75.2 cm³/mol. The lowest BCUT2D eigenvalue weighted by Crippen LogP contribution is -2.12. The first-order chi connectivity index (χ1) is 9.03. The van der Waals surface area contributed by atoms with Gasteiger partial charge in [-0.2, -0.15) is 0 Å². The van der Waals surface area contributed by atoms with Gasteiger partial charge in [-0.25, -0.2) is 13.4 Å². The summed E-state index contributed by atoms with van der Waals surface area (Å²) in [6, 6.07) is 6.34. The lowest BCUT2D eigenvalue weighted by Gasteiger charge is -2.06. The molecule has 0 bridgehead atoms. The molecule has 0 aliphatic rings. The number of sulfonamides is 1. The third-order valence-electron chi connectivity index (χ3n) is 2.25. The normalized spacial score (nSPS) is 11.5. The van der Waals surface area contributed by atoms with Crippen LogP contribution in [-0.4, -0.2) is 25.1 Å². The highest BCUT2D eigenvalue weighted by Gasteiger charge is 2.18. The number of aliphatic hydroxyl groups excluding tert-OH is 1. The van der Waals surface area contributed by atoms with Gasteiger partial charge in [0.2, 0.25) is 0 Å². The highest BCUT2D eigenvalue weighted by molar-refractivity contribution is 7.94. The second-order valence-electron chi connectivity index (χ2n) is 3.63. The number of nitrogens with zero attached hydrogens (tertiary/aromatic N) is 1. The van der Waals surface area contributed by atoms with Crippen LogP contribution in [0.3, 0.4) is 0 Å². The van der Waals surface area contributed by atoms with Crippen molar-refractivity contribution in [2.24, 2.45) is 0 Å². The van der Waals surface area contributed by atoms with E-state index in [0.29, 0.717) is 6.42 Å². The van der Waals surface area contributed by atoms with E-state index < -0.39 is 10.0 Å². The lowest BCUT2D eigenvalue weighted by atomic mass is 10.4. The summed E-state index contributed by atoms with van der Waals surface area (Å²) in [5, 5.41) is 9.05. The SMILES string of the molecule is O=S(=O)(Nc1ncccc1Cl)c1ccc(CCO)s1. The first kappa shape index (κ1) is 14.3. The molecule has 0 aliphatic carbocycles. The first-order valence-corrected chi connectivity index (χ1v) is 8.03. The molecular weight excluding hydrogens is 308 g/mol. The smallest absolute Gasteiger partial charge is 0.272 e. The molecule has 19 heavy (non-hydrogen) atoms. The molecule has 0 aromatic carbocycles. The summed E-state index contributed by atoms with van der Waals surface area (Å²) in [5.41, 5.74) is 0. The van der Waals surface area contributed by atoms with Gasteiger partial charge >= 0.3 is 0 Å². The summed E-state index contributed by atoms with van der Waals surface area (Å²) in [5.74, 6) is 0.0984. The fraction of sp³-hybridized carbons (Fsp3) is 0.182. The molecule has 5 nitrogen and oxygen atoms in total. The molecule has 2 heterocycles. The van der Waals surface area contributed by atoms with Crippen molar-refractivity contribution in [3.63, 3.8) is 0 Å². The van der Waals surface area contributed by atoms with Gasteiger partial charge in [-0.3, -0.25) is 4.72 Å². The number of nitrogens with one attached hydrogen (secondary N) is 1. The average molecular weight is 319 g/mol. The van der Waals surface area contributed by atoms with Gasteiger partial charge in [-0.1, -0.05) is 11.6 Å². The van der Waals surface area contributed by atoms with Gasteiger partial charge in [0.25, 0.3) is 10.0 Å². The van der Waals surface area contributed by atoms with Crippen molar-refractivity contribution in [2.75, 3.05) is 11.3 Å². The molecule has 2 N–H and O–H groups in total. The molecule has 0 aliphatic heterocycles. The number of halogens is 1. The Morgan fingerprint density at radius 2 is 2.16 bits per heavy atom. The first-order valence-electron chi connectivity index (χ1n) is 5.36. The minimum Gasteiger partial charge on any atom is -0.396 e. The maximum atomic E-state index is 12.1. The summed E-state index contributed by atoms with van der Waals surface area (Å²) in [6.07, 6.45) is 1.89. The zero-order chi connectivity index (χ0) is 13.9.